The predicted octanol–water partition coefficient (Wildman–Crippen LogP) is 6.22. The fraction of sp³-hybridized carbons (Fsp3) is 0.615. The number of methoxy groups -OCH3 is 2. The van der Waals surface area contributed by atoms with Crippen molar-refractivity contribution in [2.24, 2.45) is 5.41 Å². The van der Waals surface area contributed by atoms with Gasteiger partial charge in [-0.1, -0.05) is 26.8 Å². The number of amides is 1. The molecule has 1 amide bonds. The normalized spacial score (nSPS) is 26.3. The minimum Gasteiger partial charge on any atom is -0.493 e. The maximum Gasteiger partial charge on any atom is 0.410 e. The van der Waals surface area contributed by atoms with Crippen LogP contribution in [0.15, 0.2) is 24.3 Å². The van der Waals surface area contributed by atoms with Crippen LogP contribution in [0.1, 0.15) is 76.2 Å². The summed E-state index contributed by atoms with van der Waals surface area (Å²) in [5.74, 6) is 1.06. The first-order chi connectivity index (χ1) is 17.2. The second kappa shape index (κ2) is 9.33. The van der Waals surface area contributed by atoms with Crippen LogP contribution in [0.2, 0.25) is 0 Å². The quantitative estimate of drug-likeness (QED) is 0.494. The number of anilines is 1. The zero-order chi connectivity index (χ0) is 27.3. The summed E-state index contributed by atoms with van der Waals surface area (Å²) in [6.07, 6.45) is -4.76. The van der Waals surface area contributed by atoms with Crippen LogP contribution in [0.4, 0.5) is 23.8 Å². The van der Waals surface area contributed by atoms with E-state index in [0.717, 1.165) is 4.68 Å². The number of carbonyl (C=O) groups is 1. The number of nitrogens with zero attached hydrogens (tertiary/aromatic N) is 3. The summed E-state index contributed by atoms with van der Waals surface area (Å²) in [5.41, 5.74) is 0.112. The van der Waals surface area contributed by atoms with Gasteiger partial charge in [0.25, 0.3) is 0 Å². The molecule has 1 aromatic heterocycles. The molecule has 2 aliphatic heterocycles. The van der Waals surface area contributed by atoms with E-state index in [2.05, 4.69) is 10.4 Å². The van der Waals surface area contributed by atoms with Crippen LogP contribution in [-0.4, -0.2) is 58.4 Å². The third kappa shape index (κ3) is 4.80. The molecule has 8 nitrogen and oxygen atoms in total. The Morgan fingerprint density at radius 2 is 1.84 bits per heavy atom. The average molecular weight is 525 g/mol. The van der Waals surface area contributed by atoms with Gasteiger partial charge in [-0.25, -0.2) is 9.48 Å². The van der Waals surface area contributed by atoms with Crippen LogP contribution >= 0.6 is 0 Å². The lowest BCUT2D eigenvalue weighted by Crippen LogP contribution is -2.60. The molecule has 0 bridgehead atoms. The van der Waals surface area contributed by atoms with Gasteiger partial charge in [0, 0.05) is 30.5 Å². The molecule has 4 rings (SSSR count). The maximum atomic E-state index is 14.2. The third-order valence-corrected chi connectivity index (χ3v) is 8.22. The van der Waals surface area contributed by atoms with Crippen LogP contribution in [0.3, 0.4) is 0 Å². The number of hydrogen-bond acceptors (Lipinski definition) is 5. The highest BCUT2D eigenvalue weighted by molar-refractivity contribution is 5.66. The number of nitrogens with one attached hydrogen (secondary N) is 1. The second-order valence-corrected chi connectivity index (χ2v) is 11.2. The minimum atomic E-state index is -4.50. The van der Waals surface area contributed by atoms with Crippen molar-refractivity contribution >= 4 is 11.9 Å². The molecule has 4 unspecified atom stereocenters. The van der Waals surface area contributed by atoms with Crippen LogP contribution in [0, 0.1) is 5.41 Å². The molecule has 2 aromatic rings. The van der Waals surface area contributed by atoms with Gasteiger partial charge in [0.05, 0.1) is 26.0 Å². The summed E-state index contributed by atoms with van der Waals surface area (Å²) in [6, 6.07) is 4.37. The number of fused-ring (bicyclic) bond motifs is 1. The van der Waals surface area contributed by atoms with Crippen LogP contribution < -0.4 is 14.8 Å². The number of benzene rings is 1. The number of halogens is 3. The molecular formula is C26H35F3N4O4. The van der Waals surface area contributed by atoms with Gasteiger partial charge in [-0.3, -0.25) is 0 Å². The van der Waals surface area contributed by atoms with Crippen LogP contribution in [-0.2, 0) is 0 Å². The number of piperidine rings is 1. The Kier molecular flexibility index (Phi) is 6.79. The van der Waals surface area contributed by atoms with E-state index in [4.69, 9.17) is 9.47 Å². The molecule has 0 spiro atoms. The lowest BCUT2D eigenvalue weighted by atomic mass is 9.66. The van der Waals surface area contributed by atoms with E-state index in [1.165, 1.54) is 19.1 Å². The topological polar surface area (TPSA) is 88.9 Å². The smallest absolute Gasteiger partial charge is 0.410 e. The summed E-state index contributed by atoms with van der Waals surface area (Å²) in [6.45, 7) is 8.16. The first kappa shape index (κ1) is 26.9. The Labute approximate surface area is 214 Å². The van der Waals surface area contributed by atoms with Crippen molar-refractivity contribution in [2.75, 3.05) is 26.1 Å². The Bertz CT molecular complexity index is 1160. The predicted molar refractivity (Wildman–Crippen MR) is 132 cm³/mol. The molecule has 0 aliphatic carbocycles. The second-order valence-electron chi connectivity index (χ2n) is 11.2. The number of alkyl halides is 3. The lowest BCUT2D eigenvalue weighted by molar-refractivity contribution is -0.173. The molecule has 1 fully saturated rings. The van der Waals surface area contributed by atoms with E-state index in [-0.39, 0.29) is 17.8 Å². The fourth-order valence-electron chi connectivity index (χ4n) is 5.57. The first-order valence-corrected chi connectivity index (χ1v) is 12.3. The Morgan fingerprint density at radius 1 is 1.16 bits per heavy atom. The maximum absolute atomic E-state index is 14.2. The Hall–Kier alpha value is -3.11. The molecule has 11 heteroatoms. The molecule has 2 aliphatic rings. The lowest BCUT2D eigenvalue weighted by Gasteiger charge is -2.53. The summed E-state index contributed by atoms with van der Waals surface area (Å²) >= 11 is 0. The molecule has 1 aromatic carbocycles. The number of aromatic nitrogens is 2. The molecule has 0 radical (unpaired) electrons. The van der Waals surface area contributed by atoms with Gasteiger partial charge in [-0.15, -0.1) is 0 Å². The van der Waals surface area contributed by atoms with Crippen LogP contribution in [0.25, 0.3) is 0 Å². The zero-order valence-corrected chi connectivity index (χ0v) is 22.0. The molecule has 2 N–H and O–H groups in total. The first-order valence-electron chi connectivity index (χ1n) is 12.3. The number of likely N-dealkylation sites (tertiary alicyclic amines) is 1. The van der Waals surface area contributed by atoms with E-state index in [1.54, 1.807) is 24.3 Å². The summed E-state index contributed by atoms with van der Waals surface area (Å²) < 4.78 is 54.4. The van der Waals surface area contributed by atoms with Crippen LogP contribution in [0.5, 0.6) is 11.5 Å². The van der Waals surface area contributed by atoms with Crippen molar-refractivity contribution in [2.45, 2.75) is 76.7 Å². The minimum absolute atomic E-state index is 0.173. The van der Waals surface area contributed by atoms with E-state index in [1.807, 2.05) is 27.7 Å². The average Bonchev–Trinajstić information content (AvgIpc) is 3.25. The van der Waals surface area contributed by atoms with Gasteiger partial charge in [0.2, 0.25) is 0 Å². The monoisotopic (exact) mass is 524 g/mol. The molecule has 0 saturated carbocycles. The SMILES string of the molecule is COc1ccc(C2CC(C(F)(F)F)n3nc(C4CCN(C(=O)O)C(C)(C(C)(C)C)C4)cc3N2)cc1OC. The Balaban J connectivity index is 1.69. The van der Waals surface area contributed by atoms with E-state index < -0.39 is 29.9 Å². The number of rotatable bonds is 4. The molecular weight excluding hydrogens is 489 g/mol. The third-order valence-electron chi connectivity index (χ3n) is 8.22. The molecule has 1 saturated heterocycles. The highest BCUT2D eigenvalue weighted by atomic mass is 19.4. The van der Waals surface area contributed by atoms with Crippen molar-refractivity contribution in [3.8, 4) is 11.5 Å². The van der Waals surface area contributed by atoms with Crippen molar-refractivity contribution in [3.63, 3.8) is 0 Å². The van der Waals surface area contributed by atoms with Gasteiger partial charge in [-0.05, 0) is 42.9 Å². The van der Waals surface area contributed by atoms with Gasteiger partial charge in [-0.2, -0.15) is 18.3 Å². The summed E-state index contributed by atoms with van der Waals surface area (Å²) in [7, 11) is 2.98. The van der Waals surface area contributed by atoms with E-state index >= 15 is 0 Å². The van der Waals surface area contributed by atoms with E-state index in [0.29, 0.717) is 48.0 Å². The largest absolute Gasteiger partial charge is 0.493 e. The van der Waals surface area contributed by atoms with Crippen molar-refractivity contribution in [1.29, 1.82) is 0 Å². The number of ether oxygens (including phenoxy) is 2. The van der Waals surface area contributed by atoms with Crippen molar-refractivity contribution in [3.05, 3.63) is 35.5 Å². The Morgan fingerprint density at radius 3 is 2.41 bits per heavy atom. The highest BCUT2D eigenvalue weighted by Gasteiger charge is 2.51. The molecule has 204 valence electrons. The fourth-order valence-corrected chi connectivity index (χ4v) is 5.57. The van der Waals surface area contributed by atoms with E-state index in [9.17, 15) is 23.1 Å². The van der Waals surface area contributed by atoms with Gasteiger partial charge < -0.3 is 24.8 Å². The highest BCUT2D eigenvalue weighted by Crippen LogP contribution is 2.49. The number of hydrogen-bond donors (Lipinski definition) is 2. The van der Waals surface area contributed by atoms with Gasteiger partial charge in [0.1, 0.15) is 5.82 Å². The van der Waals surface area contributed by atoms with Gasteiger partial charge >= 0.3 is 12.3 Å². The summed E-state index contributed by atoms with van der Waals surface area (Å²) in [4.78, 5) is 13.4. The van der Waals surface area contributed by atoms with Crippen molar-refractivity contribution in [1.82, 2.24) is 14.7 Å². The zero-order valence-electron chi connectivity index (χ0n) is 22.0. The molecule has 3 heterocycles. The number of carboxylic acid groups (broad SMARTS) is 1. The molecule has 37 heavy (non-hydrogen) atoms. The molecule has 4 atom stereocenters. The standard InChI is InChI=1S/C26H35F3N4O4/c1-24(2,3)25(4)14-16(9-10-32(25)23(34)35)18-13-22-30-17(12-21(26(27,28)29)33(22)31-18)15-7-8-19(36-5)20(11-15)37-6/h7-8,11,13,16-17,21,30H,9-10,12,14H2,1-6H3,(H,34,35). The van der Waals surface area contributed by atoms with Crippen molar-refractivity contribution < 1.29 is 32.5 Å². The summed E-state index contributed by atoms with van der Waals surface area (Å²) in [5, 5.41) is 17.5. The van der Waals surface area contributed by atoms with Gasteiger partial charge in [0.15, 0.2) is 17.5 Å².